The van der Waals surface area contributed by atoms with Gasteiger partial charge in [0, 0.05) is 31.1 Å². The molecule has 1 N–H and O–H groups in total. The van der Waals surface area contributed by atoms with Crippen LogP contribution in [-0.2, 0) is 16.1 Å². The summed E-state index contributed by atoms with van der Waals surface area (Å²) in [7, 11) is 0. The zero-order valence-electron chi connectivity index (χ0n) is 16.0. The predicted octanol–water partition coefficient (Wildman–Crippen LogP) is 1.31. The Labute approximate surface area is 164 Å². The van der Waals surface area contributed by atoms with Crippen LogP contribution in [0.3, 0.4) is 0 Å². The third kappa shape index (κ3) is 2.80. The van der Waals surface area contributed by atoms with Crippen molar-refractivity contribution in [3.8, 4) is 5.75 Å². The maximum Gasteiger partial charge on any atom is 0.255 e. The van der Waals surface area contributed by atoms with Gasteiger partial charge in [-0.05, 0) is 55.5 Å². The zero-order chi connectivity index (χ0) is 19.4. The highest BCUT2D eigenvalue weighted by molar-refractivity contribution is 6.05. The number of fused-ring (bicyclic) bond motifs is 3. The van der Waals surface area contributed by atoms with Crippen LogP contribution in [0.2, 0.25) is 0 Å². The largest absolute Gasteiger partial charge is 0.489 e. The van der Waals surface area contributed by atoms with Crippen LogP contribution in [0.25, 0.3) is 0 Å². The Balaban J connectivity index is 1.31. The van der Waals surface area contributed by atoms with Crippen LogP contribution in [0.4, 0.5) is 0 Å². The summed E-state index contributed by atoms with van der Waals surface area (Å²) in [6.45, 7) is 4.82. The first kappa shape index (κ1) is 17.7. The predicted molar refractivity (Wildman–Crippen MR) is 101 cm³/mol. The Morgan fingerprint density at radius 3 is 2.82 bits per heavy atom. The Morgan fingerprint density at radius 1 is 1.21 bits per heavy atom. The van der Waals surface area contributed by atoms with E-state index < -0.39 is 6.04 Å². The Kier molecular flexibility index (Phi) is 4.16. The maximum atomic E-state index is 12.8. The SMILES string of the molecule is CCN1CC2CC(Oc3ccc4c(c3)CN(C3CCC(=O)NC3=O)C4=O)C1C2. The number of imide groups is 1. The van der Waals surface area contributed by atoms with Gasteiger partial charge in [-0.3, -0.25) is 24.6 Å². The van der Waals surface area contributed by atoms with Crippen molar-refractivity contribution < 1.29 is 19.1 Å². The molecule has 2 saturated heterocycles. The van der Waals surface area contributed by atoms with E-state index in [1.165, 1.54) is 13.0 Å². The average Bonchev–Trinajstić information content (AvgIpc) is 3.34. The molecule has 4 unspecified atom stereocenters. The third-order valence-electron chi connectivity index (χ3n) is 6.72. The standard InChI is InChI=1S/C21H25N3O4/c1-2-23-10-12-7-17(23)18(8-12)28-14-3-4-15-13(9-14)11-24(21(15)27)16-5-6-19(25)22-20(16)26/h3-4,9,12,16-18H,2,5-8,10-11H2,1H3,(H,22,25,26). The van der Waals surface area contributed by atoms with E-state index in [4.69, 9.17) is 4.74 Å². The molecular weight excluding hydrogens is 358 g/mol. The van der Waals surface area contributed by atoms with Crippen molar-refractivity contribution in [3.05, 3.63) is 29.3 Å². The quantitative estimate of drug-likeness (QED) is 0.793. The lowest BCUT2D eigenvalue weighted by Crippen LogP contribution is -2.52. The van der Waals surface area contributed by atoms with E-state index in [0.29, 0.717) is 24.6 Å². The number of rotatable bonds is 4. The zero-order valence-corrected chi connectivity index (χ0v) is 16.0. The highest BCUT2D eigenvalue weighted by Crippen LogP contribution is 2.40. The molecule has 7 nitrogen and oxygen atoms in total. The summed E-state index contributed by atoms with van der Waals surface area (Å²) in [5.41, 5.74) is 1.52. The number of carbonyl (C=O) groups is 3. The Bertz CT molecular complexity index is 854. The number of nitrogens with zero attached hydrogens (tertiary/aromatic N) is 2. The fraction of sp³-hybridized carbons (Fsp3) is 0.571. The summed E-state index contributed by atoms with van der Waals surface area (Å²) in [5, 5.41) is 2.34. The van der Waals surface area contributed by atoms with Gasteiger partial charge in [-0.15, -0.1) is 0 Å². The number of amides is 3. The fourth-order valence-corrected chi connectivity index (χ4v) is 5.36. The van der Waals surface area contributed by atoms with Gasteiger partial charge in [-0.2, -0.15) is 0 Å². The van der Waals surface area contributed by atoms with Crippen molar-refractivity contribution in [2.45, 2.75) is 57.3 Å². The van der Waals surface area contributed by atoms with Gasteiger partial charge < -0.3 is 9.64 Å². The van der Waals surface area contributed by atoms with E-state index >= 15 is 0 Å². The van der Waals surface area contributed by atoms with Crippen LogP contribution in [0, 0.1) is 5.92 Å². The molecular formula is C21H25N3O4. The molecule has 0 aromatic heterocycles. The summed E-state index contributed by atoms with van der Waals surface area (Å²) in [6.07, 6.45) is 3.17. The van der Waals surface area contributed by atoms with Crippen molar-refractivity contribution in [3.63, 3.8) is 0 Å². The number of piperidine rings is 2. The molecule has 3 aliphatic heterocycles. The van der Waals surface area contributed by atoms with Crippen LogP contribution < -0.4 is 10.1 Å². The van der Waals surface area contributed by atoms with Crippen molar-refractivity contribution in [2.75, 3.05) is 13.1 Å². The van der Waals surface area contributed by atoms with E-state index in [-0.39, 0.29) is 30.2 Å². The molecule has 3 fully saturated rings. The molecule has 148 valence electrons. The first-order chi connectivity index (χ1) is 13.5. The van der Waals surface area contributed by atoms with Crippen LogP contribution in [-0.4, -0.2) is 58.8 Å². The Morgan fingerprint density at radius 2 is 2.07 bits per heavy atom. The van der Waals surface area contributed by atoms with Crippen LogP contribution in [0.15, 0.2) is 18.2 Å². The molecule has 4 atom stereocenters. The lowest BCUT2D eigenvalue weighted by molar-refractivity contribution is -0.136. The lowest BCUT2D eigenvalue weighted by atomic mass is 10.0. The highest BCUT2D eigenvalue weighted by atomic mass is 16.5. The van der Waals surface area contributed by atoms with Crippen LogP contribution in [0.5, 0.6) is 5.75 Å². The molecule has 1 aromatic carbocycles. The van der Waals surface area contributed by atoms with Crippen LogP contribution >= 0.6 is 0 Å². The number of likely N-dealkylation sites (N-methyl/N-ethyl adjacent to an activating group) is 1. The molecule has 7 heteroatoms. The number of likely N-dealkylation sites (tertiary alicyclic amines) is 1. The molecule has 4 aliphatic rings. The van der Waals surface area contributed by atoms with E-state index in [1.807, 2.05) is 18.2 Å². The summed E-state index contributed by atoms with van der Waals surface area (Å²) in [4.78, 5) is 40.4. The number of hydrogen-bond acceptors (Lipinski definition) is 5. The molecule has 28 heavy (non-hydrogen) atoms. The molecule has 1 aliphatic carbocycles. The topological polar surface area (TPSA) is 79.0 Å². The summed E-state index contributed by atoms with van der Waals surface area (Å²) < 4.78 is 6.32. The van der Waals surface area contributed by atoms with E-state index in [1.54, 1.807) is 4.90 Å². The minimum absolute atomic E-state index is 0.145. The van der Waals surface area contributed by atoms with Gasteiger partial charge in [0.05, 0.1) is 0 Å². The summed E-state index contributed by atoms with van der Waals surface area (Å²) in [6, 6.07) is 5.54. The second-order valence-electron chi connectivity index (χ2n) is 8.37. The van der Waals surface area contributed by atoms with E-state index in [9.17, 15) is 14.4 Å². The first-order valence-corrected chi connectivity index (χ1v) is 10.2. The molecule has 3 amide bonds. The minimum atomic E-state index is -0.578. The lowest BCUT2D eigenvalue weighted by Gasteiger charge is -2.32. The molecule has 2 bridgehead atoms. The van der Waals surface area contributed by atoms with E-state index in [0.717, 1.165) is 30.2 Å². The molecule has 0 spiro atoms. The second-order valence-corrected chi connectivity index (χ2v) is 8.37. The highest BCUT2D eigenvalue weighted by Gasteiger charge is 2.45. The van der Waals surface area contributed by atoms with Crippen molar-refractivity contribution in [1.29, 1.82) is 0 Å². The molecule has 3 heterocycles. The Hall–Kier alpha value is -2.41. The maximum absolute atomic E-state index is 12.8. The number of nitrogens with one attached hydrogen (secondary N) is 1. The monoisotopic (exact) mass is 383 g/mol. The first-order valence-electron chi connectivity index (χ1n) is 10.2. The van der Waals surface area contributed by atoms with Gasteiger partial charge >= 0.3 is 0 Å². The summed E-state index contributed by atoms with van der Waals surface area (Å²) in [5.74, 6) is 0.732. The number of carbonyl (C=O) groups excluding carboxylic acids is 3. The van der Waals surface area contributed by atoms with Crippen LogP contribution in [0.1, 0.15) is 48.5 Å². The van der Waals surface area contributed by atoms with Crippen molar-refractivity contribution in [1.82, 2.24) is 15.1 Å². The fourth-order valence-electron chi connectivity index (χ4n) is 5.36. The average molecular weight is 383 g/mol. The van der Waals surface area contributed by atoms with Gasteiger partial charge in [-0.25, -0.2) is 0 Å². The van der Waals surface area contributed by atoms with Gasteiger partial charge in [0.2, 0.25) is 11.8 Å². The van der Waals surface area contributed by atoms with Gasteiger partial charge in [-0.1, -0.05) is 6.92 Å². The van der Waals surface area contributed by atoms with Gasteiger partial charge in [0.1, 0.15) is 17.9 Å². The molecule has 0 radical (unpaired) electrons. The molecule has 5 rings (SSSR count). The van der Waals surface area contributed by atoms with E-state index in [2.05, 4.69) is 17.1 Å². The van der Waals surface area contributed by atoms with Gasteiger partial charge in [0.15, 0.2) is 0 Å². The normalized spacial score (nSPS) is 32.0. The molecule has 1 saturated carbocycles. The van der Waals surface area contributed by atoms with Crippen molar-refractivity contribution >= 4 is 17.7 Å². The molecule has 1 aromatic rings. The second kappa shape index (κ2) is 6.58. The van der Waals surface area contributed by atoms with Gasteiger partial charge in [0.25, 0.3) is 5.91 Å². The van der Waals surface area contributed by atoms with Crippen molar-refractivity contribution in [2.24, 2.45) is 5.92 Å². The minimum Gasteiger partial charge on any atom is -0.489 e. The third-order valence-corrected chi connectivity index (χ3v) is 6.72. The summed E-state index contributed by atoms with van der Waals surface area (Å²) >= 11 is 0. The number of hydrogen-bond donors (Lipinski definition) is 1. The smallest absolute Gasteiger partial charge is 0.255 e. The number of ether oxygens (including phenoxy) is 1. The number of benzene rings is 1.